The minimum absolute atomic E-state index is 0.0524. The highest BCUT2D eigenvalue weighted by molar-refractivity contribution is 7.92. The molecular weight excluding hydrogens is 374 g/mol. The zero-order chi connectivity index (χ0) is 19.6. The Morgan fingerprint density at radius 3 is 2.41 bits per heavy atom. The number of benzene rings is 2. The first-order chi connectivity index (χ1) is 12.8. The Hall–Kier alpha value is -3.40. The normalized spacial score (nSPS) is 13.7. The van der Waals surface area contributed by atoms with Gasteiger partial charge in [-0.3, -0.25) is 14.3 Å². The van der Waals surface area contributed by atoms with Crippen molar-refractivity contribution < 1.29 is 27.5 Å². The fourth-order valence-corrected chi connectivity index (χ4v) is 3.61. The summed E-state index contributed by atoms with van der Waals surface area (Å²) in [4.78, 5) is 34.9. The fourth-order valence-electron chi connectivity index (χ4n) is 2.50. The van der Waals surface area contributed by atoms with Crippen LogP contribution in [-0.2, 0) is 24.3 Å². The van der Waals surface area contributed by atoms with Crippen molar-refractivity contribution in [1.82, 2.24) is 0 Å². The van der Waals surface area contributed by atoms with Crippen LogP contribution in [0.5, 0.6) is 0 Å². The number of anilines is 3. The number of carbonyl (C=O) groups is 3. The van der Waals surface area contributed by atoms with Crippen molar-refractivity contribution in [2.45, 2.75) is 11.3 Å². The predicted molar refractivity (Wildman–Crippen MR) is 96.9 cm³/mol. The minimum Gasteiger partial charge on any atom is -0.465 e. The molecule has 10 heteroatoms. The van der Waals surface area contributed by atoms with Gasteiger partial charge in [0, 0.05) is 0 Å². The lowest BCUT2D eigenvalue weighted by atomic mass is 10.2. The van der Waals surface area contributed by atoms with Crippen LogP contribution in [-0.4, -0.2) is 33.3 Å². The Morgan fingerprint density at radius 1 is 1.04 bits per heavy atom. The number of carbonyl (C=O) groups excluding carboxylic acids is 3. The molecule has 1 aliphatic heterocycles. The number of para-hydroxylation sites is 1. The quantitative estimate of drug-likeness (QED) is 0.537. The molecule has 0 saturated carbocycles. The second-order valence-electron chi connectivity index (χ2n) is 5.62. The number of methoxy groups -OCH3 is 1. The molecule has 0 aromatic heterocycles. The van der Waals surface area contributed by atoms with Crippen molar-refractivity contribution in [3.05, 3.63) is 48.0 Å². The van der Waals surface area contributed by atoms with Gasteiger partial charge in [0.15, 0.2) is 0 Å². The van der Waals surface area contributed by atoms with Crippen LogP contribution in [0.15, 0.2) is 47.4 Å². The van der Waals surface area contributed by atoms with E-state index in [0.717, 1.165) is 0 Å². The number of amides is 2. The van der Waals surface area contributed by atoms with Gasteiger partial charge in [-0.25, -0.2) is 13.2 Å². The van der Waals surface area contributed by atoms with Gasteiger partial charge >= 0.3 is 5.97 Å². The maximum atomic E-state index is 12.7. The Labute approximate surface area is 154 Å². The van der Waals surface area contributed by atoms with E-state index < -0.39 is 27.8 Å². The molecule has 1 heterocycles. The molecule has 2 amide bonds. The van der Waals surface area contributed by atoms with Gasteiger partial charge in [-0.15, -0.1) is 0 Å². The van der Waals surface area contributed by atoms with Crippen molar-refractivity contribution in [1.29, 1.82) is 0 Å². The van der Waals surface area contributed by atoms with Crippen molar-refractivity contribution in [2.24, 2.45) is 0 Å². The second-order valence-corrected chi connectivity index (χ2v) is 7.31. The third-order valence-electron chi connectivity index (χ3n) is 3.75. The molecule has 0 aliphatic carbocycles. The predicted octanol–water partition coefficient (Wildman–Crippen LogP) is 1.55. The van der Waals surface area contributed by atoms with Crippen LogP contribution in [0.2, 0.25) is 0 Å². The molecule has 0 bridgehead atoms. The van der Waals surface area contributed by atoms with E-state index >= 15 is 0 Å². The standard InChI is InChI=1S/C17H15N3O6S/c1-26-17(23)11-4-2-3-5-12(11)20-27(24,25)10-6-7-13-14(8-10)19-16(22)9-15(21)18-13/h2-8,20H,9H2,1H3,(H,18,21)(H,19,22). The topological polar surface area (TPSA) is 131 Å². The second kappa shape index (κ2) is 7.08. The molecule has 0 saturated heterocycles. The van der Waals surface area contributed by atoms with E-state index in [1.165, 1.54) is 37.4 Å². The Kier molecular flexibility index (Phi) is 4.82. The Morgan fingerprint density at radius 2 is 1.70 bits per heavy atom. The number of rotatable bonds is 4. The van der Waals surface area contributed by atoms with Gasteiger partial charge in [-0.2, -0.15) is 0 Å². The smallest absolute Gasteiger partial charge is 0.339 e. The molecule has 2 aromatic carbocycles. The molecule has 9 nitrogen and oxygen atoms in total. The van der Waals surface area contributed by atoms with Crippen LogP contribution >= 0.6 is 0 Å². The molecule has 2 aromatic rings. The zero-order valence-corrected chi connectivity index (χ0v) is 14.9. The van der Waals surface area contributed by atoms with Crippen molar-refractivity contribution >= 4 is 44.9 Å². The van der Waals surface area contributed by atoms with E-state index in [4.69, 9.17) is 0 Å². The first kappa shape index (κ1) is 18.4. The van der Waals surface area contributed by atoms with E-state index in [1.807, 2.05) is 0 Å². The molecule has 0 unspecified atom stereocenters. The number of sulfonamides is 1. The first-order valence-electron chi connectivity index (χ1n) is 7.74. The highest BCUT2D eigenvalue weighted by Gasteiger charge is 2.23. The van der Waals surface area contributed by atoms with E-state index in [9.17, 15) is 22.8 Å². The summed E-state index contributed by atoms with van der Waals surface area (Å²) in [5.74, 6) is -1.73. The summed E-state index contributed by atoms with van der Waals surface area (Å²) < 4.78 is 32.4. The molecule has 0 fully saturated rings. The summed E-state index contributed by atoms with van der Waals surface area (Å²) in [6, 6.07) is 9.87. The van der Waals surface area contributed by atoms with Crippen LogP contribution in [0.1, 0.15) is 16.8 Å². The van der Waals surface area contributed by atoms with Gasteiger partial charge < -0.3 is 15.4 Å². The van der Waals surface area contributed by atoms with E-state index in [-0.39, 0.29) is 28.3 Å². The summed E-state index contributed by atoms with van der Waals surface area (Å²) >= 11 is 0. The number of nitrogens with one attached hydrogen (secondary N) is 3. The maximum Gasteiger partial charge on any atom is 0.339 e. The van der Waals surface area contributed by atoms with Crippen LogP contribution in [0.3, 0.4) is 0 Å². The summed E-state index contributed by atoms with van der Waals surface area (Å²) in [5, 5.41) is 4.99. The van der Waals surface area contributed by atoms with Gasteiger partial charge in [0.25, 0.3) is 10.0 Å². The SMILES string of the molecule is COC(=O)c1ccccc1NS(=O)(=O)c1ccc2c(c1)NC(=O)CC(=O)N2. The molecule has 0 radical (unpaired) electrons. The molecule has 27 heavy (non-hydrogen) atoms. The maximum absolute atomic E-state index is 12.7. The van der Waals surface area contributed by atoms with Crippen LogP contribution in [0.4, 0.5) is 17.1 Å². The summed E-state index contributed by atoms with van der Waals surface area (Å²) in [6.45, 7) is 0. The van der Waals surface area contributed by atoms with E-state index in [0.29, 0.717) is 5.69 Å². The van der Waals surface area contributed by atoms with Crippen LogP contribution in [0.25, 0.3) is 0 Å². The van der Waals surface area contributed by atoms with Gasteiger partial charge in [-0.1, -0.05) is 12.1 Å². The van der Waals surface area contributed by atoms with Gasteiger partial charge in [-0.05, 0) is 30.3 Å². The van der Waals surface area contributed by atoms with Crippen molar-refractivity contribution in [2.75, 3.05) is 22.5 Å². The van der Waals surface area contributed by atoms with E-state index in [1.54, 1.807) is 12.1 Å². The number of esters is 1. The lowest BCUT2D eigenvalue weighted by molar-refractivity contribution is -0.123. The van der Waals surface area contributed by atoms with Crippen molar-refractivity contribution in [3.8, 4) is 0 Å². The molecule has 140 valence electrons. The Bertz CT molecular complexity index is 1050. The average molecular weight is 389 g/mol. The highest BCUT2D eigenvalue weighted by atomic mass is 32.2. The first-order valence-corrected chi connectivity index (χ1v) is 9.22. The monoisotopic (exact) mass is 389 g/mol. The fraction of sp³-hybridized carbons (Fsp3) is 0.118. The lowest BCUT2D eigenvalue weighted by Crippen LogP contribution is -2.17. The van der Waals surface area contributed by atoms with Crippen molar-refractivity contribution in [3.63, 3.8) is 0 Å². The molecule has 3 rings (SSSR count). The van der Waals surface area contributed by atoms with Gasteiger partial charge in [0.1, 0.15) is 6.42 Å². The number of fused-ring (bicyclic) bond motifs is 1. The molecule has 1 aliphatic rings. The zero-order valence-electron chi connectivity index (χ0n) is 14.1. The van der Waals surface area contributed by atoms with Gasteiger partial charge in [0.2, 0.25) is 11.8 Å². The molecule has 0 spiro atoms. The number of hydrogen-bond acceptors (Lipinski definition) is 6. The summed E-state index contributed by atoms with van der Waals surface area (Å²) in [5.41, 5.74) is 0.560. The lowest BCUT2D eigenvalue weighted by Gasteiger charge is -2.13. The average Bonchev–Trinajstić information content (AvgIpc) is 2.76. The highest BCUT2D eigenvalue weighted by Crippen LogP contribution is 2.29. The molecule has 3 N–H and O–H groups in total. The number of ether oxygens (including phenoxy) is 1. The van der Waals surface area contributed by atoms with E-state index in [2.05, 4.69) is 20.1 Å². The molecular formula is C17H15N3O6S. The summed E-state index contributed by atoms with van der Waals surface area (Å²) in [7, 11) is -2.88. The van der Waals surface area contributed by atoms with Crippen LogP contribution < -0.4 is 15.4 Å². The third-order valence-corrected chi connectivity index (χ3v) is 5.11. The largest absolute Gasteiger partial charge is 0.465 e. The molecule has 0 atom stereocenters. The van der Waals surface area contributed by atoms with Crippen LogP contribution in [0, 0.1) is 0 Å². The minimum atomic E-state index is -4.08. The summed E-state index contributed by atoms with van der Waals surface area (Å²) in [6.07, 6.45) is -0.360. The third kappa shape index (κ3) is 3.90. The van der Waals surface area contributed by atoms with Gasteiger partial charge in [0.05, 0.1) is 34.6 Å². The number of hydrogen-bond donors (Lipinski definition) is 3. The Balaban J connectivity index is 1.96.